The van der Waals surface area contributed by atoms with E-state index in [4.69, 9.17) is 0 Å². The summed E-state index contributed by atoms with van der Waals surface area (Å²) < 4.78 is 0. The number of nitrogens with one attached hydrogen (secondary N) is 1. The standard InChI is InChI=1S/C66H114N8O14/c1-25-27-28-42(15)57(78)55-58(79)67-46(26-2)61(82)74(24)56(66(87)88)65(86)69(19)48(30-37(5)6)53(77)35-45(40(11)12)60(81)68(18)47(29-36(3)4)52(76)33-43(16)51(75)34-44(17)59(80)70(20)49(31-38(7)8)62(83)71(21)50(32-39(9)10)63(84)72(22)54(41(13)14)64(85)73(55)23/h25,27,36-50,54-57,78H,26,28-35H2,1-24H3,(H,67,79)(H,87,88)/b27-25+/t42-,43-,44+,45+,46+,47+,48+,49+,50+,54+,55+,56?,57-/m1/s1. The number of likely N-dealkylation sites (N-methyl/N-ethyl adjacent to an activating group) is 7. The number of aliphatic carboxylic acids is 1. The highest BCUT2D eigenvalue weighted by atomic mass is 16.4. The number of aliphatic hydroxyl groups excluding tert-OH is 1. The van der Waals surface area contributed by atoms with E-state index in [1.54, 1.807) is 81.4 Å². The molecule has 13 atom stereocenters. The number of hydrogen-bond acceptors (Lipinski definition) is 13. The Morgan fingerprint density at radius 1 is 0.489 bits per heavy atom. The summed E-state index contributed by atoms with van der Waals surface area (Å²) in [7, 11) is 9.44. The maximum absolute atomic E-state index is 15.2. The lowest BCUT2D eigenvalue weighted by Gasteiger charge is -2.41. The van der Waals surface area contributed by atoms with Crippen LogP contribution in [0.5, 0.6) is 0 Å². The smallest absolute Gasteiger partial charge is 0.336 e. The summed E-state index contributed by atoms with van der Waals surface area (Å²) in [5.74, 6) is -14.7. The average molecular weight is 1240 g/mol. The Kier molecular flexibility index (Phi) is 32.7. The Labute approximate surface area is 526 Å². The van der Waals surface area contributed by atoms with Gasteiger partial charge in [-0.2, -0.15) is 0 Å². The molecule has 0 spiro atoms. The summed E-state index contributed by atoms with van der Waals surface area (Å²) in [6, 6.07) is -11.4. The van der Waals surface area contributed by atoms with E-state index in [9.17, 15) is 53.4 Å². The number of carbonyl (C=O) groups is 12. The molecule has 1 unspecified atom stereocenters. The van der Waals surface area contributed by atoms with Crippen LogP contribution < -0.4 is 5.32 Å². The van der Waals surface area contributed by atoms with Gasteiger partial charge < -0.3 is 49.8 Å². The van der Waals surface area contributed by atoms with Crippen LogP contribution in [0.15, 0.2) is 12.2 Å². The lowest BCUT2D eigenvalue weighted by Crippen LogP contribution is -2.64. The molecule has 1 rings (SSSR count). The van der Waals surface area contributed by atoms with Crippen LogP contribution in [-0.4, -0.2) is 219 Å². The molecule has 0 aromatic carbocycles. The van der Waals surface area contributed by atoms with Crippen LogP contribution in [0.25, 0.3) is 0 Å². The SMILES string of the molecule is C/C=C/C[C@@H](C)[C@@H](O)[C@H]1C(=O)N[C@@H](CC)C(=O)N(C)C(C(=O)O)C(=O)N(C)[C@@H](CC(C)C)C(=O)C[C@@H](C(C)C)C(=O)N(C)[C@@H](CC(C)C)C(=O)C[C@@H](C)C(=O)C[C@H](C)C(=O)N(C)[C@@H](CC(C)C)C(=O)N(C)[C@@H](CC(C)C)C(=O)N(C)[C@@H](C(C)C)C(=O)N1C. The fraction of sp³-hybridized carbons (Fsp3) is 0.788. The fourth-order valence-electron chi connectivity index (χ4n) is 11.8. The molecule has 88 heavy (non-hydrogen) atoms. The predicted octanol–water partition coefficient (Wildman–Crippen LogP) is 5.99. The van der Waals surface area contributed by atoms with Crippen molar-refractivity contribution >= 4 is 70.6 Å². The van der Waals surface area contributed by atoms with Gasteiger partial charge in [0.25, 0.3) is 5.91 Å². The minimum atomic E-state index is -2.24. The first-order valence-corrected chi connectivity index (χ1v) is 31.8. The molecule has 1 aliphatic heterocycles. The zero-order valence-corrected chi connectivity index (χ0v) is 57.9. The number of ketones is 3. The largest absolute Gasteiger partial charge is 0.479 e. The Morgan fingerprint density at radius 2 is 0.886 bits per heavy atom. The van der Waals surface area contributed by atoms with E-state index in [1.807, 2.05) is 41.5 Å². The van der Waals surface area contributed by atoms with E-state index in [0.29, 0.717) is 4.90 Å². The number of carboxylic acid groups (broad SMARTS) is 1. The van der Waals surface area contributed by atoms with Crippen LogP contribution in [0.2, 0.25) is 0 Å². The summed E-state index contributed by atoms with van der Waals surface area (Å²) in [5.41, 5.74) is 0. The molecule has 0 aromatic heterocycles. The van der Waals surface area contributed by atoms with Crippen LogP contribution in [0, 0.1) is 59.2 Å². The van der Waals surface area contributed by atoms with Gasteiger partial charge >= 0.3 is 5.97 Å². The number of carbonyl (C=O) groups excluding carboxylic acids is 11. The van der Waals surface area contributed by atoms with E-state index >= 15 is 14.4 Å². The first-order chi connectivity index (χ1) is 40.5. The third kappa shape index (κ3) is 21.6. The average Bonchev–Trinajstić information content (AvgIpc) is 2.37. The number of allylic oxidation sites excluding steroid dienone is 2. The number of carboxylic acids is 1. The highest BCUT2D eigenvalue weighted by molar-refractivity contribution is 6.06. The lowest BCUT2D eigenvalue weighted by molar-refractivity contribution is -0.160. The number of rotatable bonds is 16. The summed E-state index contributed by atoms with van der Waals surface area (Å²) in [6.45, 7) is 29.8. The van der Waals surface area contributed by atoms with Crippen LogP contribution in [-0.2, 0) is 57.5 Å². The van der Waals surface area contributed by atoms with Crippen molar-refractivity contribution < 1.29 is 67.7 Å². The molecule has 0 radical (unpaired) electrons. The van der Waals surface area contributed by atoms with Crippen LogP contribution >= 0.6 is 0 Å². The Balaban J connectivity index is 4.46. The van der Waals surface area contributed by atoms with Crippen molar-refractivity contribution in [1.82, 2.24) is 39.6 Å². The molecule has 0 saturated carbocycles. The van der Waals surface area contributed by atoms with Crippen LogP contribution in [0.3, 0.4) is 0 Å². The molecule has 1 aliphatic rings. The first kappa shape index (κ1) is 80.0. The fourth-order valence-corrected chi connectivity index (χ4v) is 11.8. The Hall–Kier alpha value is -6.06. The minimum absolute atomic E-state index is 0.0324. The predicted molar refractivity (Wildman–Crippen MR) is 339 cm³/mol. The van der Waals surface area contributed by atoms with Gasteiger partial charge in [-0.3, -0.25) is 52.7 Å². The highest BCUT2D eigenvalue weighted by Crippen LogP contribution is 2.29. The number of hydrogen-bond donors (Lipinski definition) is 3. The van der Waals surface area contributed by atoms with Crippen molar-refractivity contribution in [2.24, 2.45) is 59.2 Å². The zero-order valence-electron chi connectivity index (χ0n) is 57.9. The van der Waals surface area contributed by atoms with E-state index in [1.165, 1.54) is 68.8 Å². The van der Waals surface area contributed by atoms with Crippen molar-refractivity contribution in [3.8, 4) is 0 Å². The minimum Gasteiger partial charge on any atom is -0.479 e. The molecule has 22 nitrogen and oxygen atoms in total. The van der Waals surface area contributed by atoms with Crippen molar-refractivity contribution in [1.29, 1.82) is 0 Å². The van der Waals surface area contributed by atoms with Crippen LogP contribution in [0.4, 0.5) is 0 Å². The van der Waals surface area contributed by atoms with Gasteiger partial charge in [-0.15, -0.1) is 0 Å². The second kappa shape index (κ2) is 36.0. The second-order valence-corrected chi connectivity index (χ2v) is 27.5. The molecule has 22 heteroatoms. The van der Waals surface area contributed by atoms with E-state index in [0.717, 1.165) is 16.8 Å². The van der Waals surface area contributed by atoms with Crippen molar-refractivity contribution in [2.75, 3.05) is 49.3 Å². The normalized spacial score (nSPS) is 27.5. The van der Waals surface area contributed by atoms with Gasteiger partial charge in [-0.1, -0.05) is 123 Å². The van der Waals surface area contributed by atoms with Gasteiger partial charge in [0, 0.05) is 86.3 Å². The topological polar surface area (TPSA) is 280 Å². The maximum Gasteiger partial charge on any atom is 0.336 e. The van der Waals surface area contributed by atoms with Crippen LogP contribution in [0.1, 0.15) is 175 Å². The van der Waals surface area contributed by atoms with Gasteiger partial charge in [-0.05, 0) is 86.9 Å². The first-order valence-electron chi connectivity index (χ1n) is 31.8. The molecule has 0 aromatic rings. The molecule has 1 fully saturated rings. The maximum atomic E-state index is 15.2. The number of amides is 8. The van der Waals surface area contributed by atoms with Crippen molar-refractivity contribution in [2.45, 2.75) is 230 Å². The zero-order chi connectivity index (χ0) is 68.4. The molecule has 8 amide bonds. The van der Waals surface area contributed by atoms with Gasteiger partial charge in [0.2, 0.25) is 47.4 Å². The summed E-state index contributed by atoms with van der Waals surface area (Å²) in [6.07, 6.45) is 1.59. The van der Waals surface area contributed by atoms with E-state index < -0.39 is 167 Å². The lowest BCUT2D eigenvalue weighted by atomic mass is 9.84. The molecular formula is C66H114N8O14. The monoisotopic (exact) mass is 1240 g/mol. The van der Waals surface area contributed by atoms with Gasteiger partial charge in [0.05, 0.1) is 18.2 Å². The van der Waals surface area contributed by atoms with Gasteiger partial charge in [0.15, 0.2) is 11.6 Å². The third-order valence-electron chi connectivity index (χ3n) is 17.4. The molecule has 0 bridgehead atoms. The third-order valence-corrected chi connectivity index (χ3v) is 17.4. The highest BCUT2D eigenvalue weighted by Gasteiger charge is 2.47. The molecular weight excluding hydrogens is 1130 g/mol. The summed E-state index contributed by atoms with van der Waals surface area (Å²) in [5, 5.41) is 25.5. The molecule has 0 aliphatic carbocycles. The van der Waals surface area contributed by atoms with Gasteiger partial charge in [0.1, 0.15) is 36.0 Å². The van der Waals surface area contributed by atoms with E-state index in [-0.39, 0.29) is 75.0 Å². The Morgan fingerprint density at radius 3 is 1.31 bits per heavy atom. The summed E-state index contributed by atoms with van der Waals surface area (Å²) >= 11 is 0. The van der Waals surface area contributed by atoms with Crippen molar-refractivity contribution in [3.05, 3.63) is 12.2 Å². The number of Topliss-reactive ketones (excluding diaryl/α,β-unsaturated/α-hetero) is 3. The van der Waals surface area contributed by atoms with Gasteiger partial charge in [-0.25, -0.2) is 4.79 Å². The number of nitrogens with zero attached hydrogens (tertiary/aromatic N) is 7. The molecule has 3 N–H and O–H groups in total. The van der Waals surface area contributed by atoms with E-state index in [2.05, 4.69) is 5.32 Å². The number of aliphatic hydroxyl groups is 1. The van der Waals surface area contributed by atoms with Crippen molar-refractivity contribution in [3.63, 3.8) is 0 Å². The quantitative estimate of drug-likeness (QED) is 0.118. The second-order valence-electron chi connectivity index (χ2n) is 27.5. The summed E-state index contributed by atoms with van der Waals surface area (Å²) in [4.78, 5) is 183. The molecule has 502 valence electrons. The molecule has 1 heterocycles. The molecule has 1 saturated heterocycles. The Bertz CT molecular complexity index is 2460.